The van der Waals surface area contributed by atoms with Gasteiger partial charge in [-0.2, -0.15) is 0 Å². The van der Waals surface area contributed by atoms with Gasteiger partial charge in [0.1, 0.15) is 5.75 Å². The first-order valence-corrected chi connectivity index (χ1v) is 5.74. The number of benzene rings is 1. The van der Waals surface area contributed by atoms with Crippen molar-refractivity contribution >= 4 is 10.9 Å². The highest BCUT2D eigenvalue weighted by Crippen LogP contribution is 2.33. The molecule has 0 saturated heterocycles. The Morgan fingerprint density at radius 2 is 2.00 bits per heavy atom. The second-order valence-corrected chi connectivity index (χ2v) is 5.31. The lowest BCUT2D eigenvalue weighted by atomic mass is 9.82. The molecule has 90 valence electrons. The minimum Gasteiger partial charge on any atom is -0.508 e. The van der Waals surface area contributed by atoms with Gasteiger partial charge in [-0.1, -0.05) is 20.8 Å². The molecule has 0 radical (unpaired) electrons. The summed E-state index contributed by atoms with van der Waals surface area (Å²) in [7, 11) is 0. The molecule has 0 amide bonds. The molecule has 1 heterocycles. The van der Waals surface area contributed by atoms with Crippen LogP contribution in [0.1, 0.15) is 31.9 Å². The van der Waals surface area contributed by atoms with E-state index in [0.717, 1.165) is 16.5 Å². The molecule has 3 N–H and O–H groups in total. The predicted molar refractivity (Wildman–Crippen MR) is 70.0 cm³/mol. The van der Waals surface area contributed by atoms with Crippen molar-refractivity contribution in [2.45, 2.75) is 32.7 Å². The van der Waals surface area contributed by atoms with Crippen molar-refractivity contribution in [1.82, 2.24) is 4.98 Å². The number of nitrogens with zero attached hydrogens (tertiary/aromatic N) is 1. The van der Waals surface area contributed by atoms with Crippen LogP contribution in [0.4, 0.5) is 0 Å². The predicted octanol–water partition coefficient (Wildman–Crippen LogP) is 2.70. The Hall–Kier alpha value is -1.61. The van der Waals surface area contributed by atoms with Crippen molar-refractivity contribution < 1.29 is 5.11 Å². The number of hydrogen-bond acceptors (Lipinski definition) is 3. The van der Waals surface area contributed by atoms with E-state index in [1.807, 2.05) is 12.3 Å². The summed E-state index contributed by atoms with van der Waals surface area (Å²) in [6.45, 7) is 6.89. The van der Waals surface area contributed by atoms with E-state index in [2.05, 4.69) is 25.8 Å². The molecular formula is C14H18N2O. The van der Waals surface area contributed by atoms with Gasteiger partial charge in [-0.3, -0.25) is 4.98 Å². The highest BCUT2D eigenvalue weighted by Gasteiger charge is 2.21. The van der Waals surface area contributed by atoms with Crippen LogP contribution in [0.15, 0.2) is 24.4 Å². The Morgan fingerprint density at radius 3 is 2.59 bits per heavy atom. The monoisotopic (exact) mass is 230 g/mol. The Kier molecular flexibility index (Phi) is 2.79. The van der Waals surface area contributed by atoms with Crippen molar-refractivity contribution in [3.63, 3.8) is 0 Å². The fourth-order valence-electron chi connectivity index (χ4n) is 2.26. The lowest BCUT2D eigenvalue weighted by Gasteiger charge is -2.24. The average molecular weight is 230 g/mol. The maximum atomic E-state index is 9.62. The van der Waals surface area contributed by atoms with E-state index in [0.29, 0.717) is 6.54 Å². The smallest absolute Gasteiger partial charge is 0.116 e. The largest absolute Gasteiger partial charge is 0.508 e. The number of aromatic nitrogens is 1. The summed E-state index contributed by atoms with van der Waals surface area (Å²) in [6, 6.07) is 5.26. The number of rotatable bonds is 1. The minimum atomic E-state index is -0.0241. The molecular weight excluding hydrogens is 212 g/mol. The summed E-state index contributed by atoms with van der Waals surface area (Å²) < 4.78 is 0. The van der Waals surface area contributed by atoms with Crippen LogP contribution < -0.4 is 5.73 Å². The van der Waals surface area contributed by atoms with Gasteiger partial charge in [-0.25, -0.2) is 0 Å². The van der Waals surface area contributed by atoms with Gasteiger partial charge in [0.2, 0.25) is 0 Å². The van der Waals surface area contributed by atoms with Gasteiger partial charge in [0.25, 0.3) is 0 Å². The van der Waals surface area contributed by atoms with Gasteiger partial charge in [-0.15, -0.1) is 0 Å². The molecule has 2 rings (SSSR count). The second kappa shape index (κ2) is 4.00. The molecule has 17 heavy (non-hydrogen) atoms. The molecule has 2 aromatic rings. The summed E-state index contributed by atoms with van der Waals surface area (Å²) >= 11 is 0. The summed E-state index contributed by atoms with van der Waals surface area (Å²) in [4.78, 5) is 4.38. The Morgan fingerprint density at radius 1 is 1.29 bits per heavy atom. The van der Waals surface area contributed by atoms with Crippen molar-refractivity contribution in [2.75, 3.05) is 0 Å². The molecule has 0 spiro atoms. The minimum absolute atomic E-state index is 0.0241. The summed E-state index contributed by atoms with van der Waals surface area (Å²) in [5.41, 5.74) is 8.85. The first kappa shape index (κ1) is 11.9. The maximum Gasteiger partial charge on any atom is 0.116 e. The number of nitrogens with two attached hydrogens (primary N) is 1. The lowest BCUT2D eigenvalue weighted by molar-refractivity contribution is 0.476. The van der Waals surface area contributed by atoms with Crippen LogP contribution >= 0.6 is 0 Å². The van der Waals surface area contributed by atoms with Crippen LogP contribution in [0.2, 0.25) is 0 Å². The van der Waals surface area contributed by atoms with E-state index in [9.17, 15) is 5.11 Å². The number of phenolic OH excluding ortho intramolecular Hbond substituents is 1. The quantitative estimate of drug-likeness (QED) is 0.791. The Bertz CT molecular complexity index is 556. The Labute approximate surface area is 101 Å². The number of fused-ring (bicyclic) bond motifs is 1. The normalized spacial score (nSPS) is 12.0. The summed E-state index contributed by atoms with van der Waals surface area (Å²) in [5.74, 6) is 0.263. The van der Waals surface area contributed by atoms with Gasteiger partial charge >= 0.3 is 0 Å². The molecule has 0 saturated carbocycles. The molecule has 0 atom stereocenters. The molecule has 0 fully saturated rings. The fraction of sp³-hybridized carbons (Fsp3) is 0.357. The van der Waals surface area contributed by atoms with Crippen LogP contribution in [0.25, 0.3) is 10.9 Å². The first-order valence-electron chi connectivity index (χ1n) is 5.74. The van der Waals surface area contributed by atoms with Crippen molar-refractivity contribution in [3.8, 4) is 5.75 Å². The Balaban J connectivity index is 2.87. The number of pyridine rings is 1. The van der Waals surface area contributed by atoms with Gasteiger partial charge < -0.3 is 10.8 Å². The number of hydrogen-bond donors (Lipinski definition) is 2. The fourth-order valence-corrected chi connectivity index (χ4v) is 2.26. The van der Waals surface area contributed by atoms with E-state index in [1.54, 1.807) is 12.1 Å². The van der Waals surface area contributed by atoms with E-state index >= 15 is 0 Å². The third-order valence-corrected chi connectivity index (χ3v) is 2.90. The van der Waals surface area contributed by atoms with Crippen LogP contribution in [-0.4, -0.2) is 10.1 Å². The number of phenols is 1. The molecule has 0 aliphatic rings. The molecule has 3 nitrogen and oxygen atoms in total. The maximum absolute atomic E-state index is 9.62. The SMILES string of the molecule is CC(C)(C)c1c(CN)cnc2ccc(O)cc12. The topological polar surface area (TPSA) is 59.1 Å². The standard InChI is InChI=1S/C14H18N2O/c1-14(2,3)13-9(7-15)8-16-12-5-4-10(17)6-11(12)13/h4-6,8,17H,7,15H2,1-3H3. The van der Waals surface area contributed by atoms with Crippen LogP contribution in [0, 0.1) is 0 Å². The lowest BCUT2D eigenvalue weighted by Crippen LogP contribution is -2.17. The zero-order valence-electron chi connectivity index (χ0n) is 10.5. The van der Waals surface area contributed by atoms with Crippen LogP contribution in [0.3, 0.4) is 0 Å². The highest BCUT2D eigenvalue weighted by atomic mass is 16.3. The van der Waals surface area contributed by atoms with Crippen molar-refractivity contribution in [3.05, 3.63) is 35.5 Å². The zero-order chi connectivity index (χ0) is 12.6. The van der Waals surface area contributed by atoms with E-state index in [-0.39, 0.29) is 11.2 Å². The van der Waals surface area contributed by atoms with Gasteiger partial charge in [0, 0.05) is 18.1 Å². The van der Waals surface area contributed by atoms with E-state index in [1.165, 1.54) is 5.56 Å². The zero-order valence-corrected chi connectivity index (χ0v) is 10.5. The molecule has 1 aromatic carbocycles. The molecule has 0 aliphatic heterocycles. The molecule has 3 heteroatoms. The molecule has 0 aliphatic carbocycles. The highest BCUT2D eigenvalue weighted by molar-refractivity contribution is 5.85. The average Bonchev–Trinajstić information content (AvgIpc) is 2.25. The van der Waals surface area contributed by atoms with Gasteiger partial charge in [0.05, 0.1) is 5.52 Å². The van der Waals surface area contributed by atoms with Gasteiger partial charge in [0.15, 0.2) is 0 Å². The second-order valence-electron chi connectivity index (χ2n) is 5.31. The molecule has 0 bridgehead atoms. The third-order valence-electron chi connectivity index (χ3n) is 2.90. The first-order chi connectivity index (χ1) is 7.93. The number of aromatic hydroxyl groups is 1. The van der Waals surface area contributed by atoms with E-state index in [4.69, 9.17) is 5.73 Å². The van der Waals surface area contributed by atoms with Crippen molar-refractivity contribution in [1.29, 1.82) is 0 Å². The molecule has 0 unspecified atom stereocenters. The summed E-state index contributed by atoms with van der Waals surface area (Å²) in [6.07, 6.45) is 1.83. The van der Waals surface area contributed by atoms with Crippen LogP contribution in [-0.2, 0) is 12.0 Å². The third kappa shape index (κ3) is 2.11. The molecule has 1 aromatic heterocycles. The van der Waals surface area contributed by atoms with Crippen molar-refractivity contribution in [2.24, 2.45) is 5.73 Å². The van der Waals surface area contributed by atoms with Crippen LogP contribution in [0.5, 0.6) is 5.75 Å². The summed E-state index contributed by atoms with van der Waals surface area (Å²) in [5, 5.41) is 10.6. The van der Waals surface area contributed by atoms with Gasteiger partial charge in [-0.05, 0) is 34.7 Å². The van der Waals surface area contributed by atoms with E-state index < -0.39 is 0 Å².